The Morgan fingerprint density at radius 1 is 1.34 bits per heavy atom. The van der Waals surface area contributed by atoms with Gasteiger partial charge in [-0.2, -0.15) is 14.7 Å². The summed E-state index contributed by atoms with van der Waals surface area (Å²) in [5.74, 6) is -1.09. The molecule has 1 atom stereocenters. The topological polar surface area (TPSA) is 101 Å². The zero-order valence-corrected chi connectivity index (χ0v) is 16.7. The second-order valence-corrected chi connectivity index (χ2v) is 10.1. The highest BCUT2D eigenvalue weighted by Crippen LogP contribution is 2.46. The number of nitrogens with zero attached hydrogens (tertiary/aromatic N) is 5. The molecule has 1 aliphatic rings. The SMILES string of the molecule is CC(C)S(=O)(=NC(=O)C1(C#N)CC1)c1ccc2nn(-c3cncc(F)c3)cc2c1. The molecule has 9 heteroatoms. The van der Waals surface area contributed by atoms with Crippen molar-refractivity contribution in [1.82, 2.24) is 14.8 Å². The third-order valence-electron chi connectivity index (χ3n) is 5.00. The van der Waals surface area contributed by atoms with Crippen LogP contribution in [0.1, 0.15) is 26.7 Å². The minimum absolute atomic E-state index is 0.402. The van der Waals surface area contributed by atoms with Crippen molar-refractivity contribution < 1.29 is 13.4 Å². The average molecular weight is 411 g/mol. The monoisotopic (exact) mass is 411 g/mol. The van der Waals surface area contributed by atoms with Crippen LogP contribution in [0.4, 0.5) is 4.39 Å². The maximum absolute atomic E-state index is 13.7. The van der Waals surface area contributed by atoms with E-state index in [0.29, 0.717) is 34.3 Å². The zero-order chi connectivity index (χ0) is 20.8. The lowest BCUT2D eigenvalue weighted by Gasteiger charge is -2.14. The van der Waals surface area contributed by atoms with E-state index < -0.39 is 32.1 Å². The lowest BCUT2D eigenvalue weighted by atomic mass is 10.1. The predicted molar refractivity (Wildman–Crippen MR) is 105 cm³/mol. The van der Waals surface area contributed by atoms with E-state index in [1.165, 1.54) is 16.9 Å². The molecular formula is C20H18FN5O2S. The number of rotatable bonds is 4. The molecule has 0 bridgehead atoms. The van der Waals surface area contributed by atoms with Crippen LogP contribution >= 0.6 is 0 Å². The Bertz CT molecular complexity index is 1290. The highest BCUT2D eigenvalue weighted by atomic mass is 32.2. The number of aromatic nitrogens is 3. The number of benzene rings is 1. The average Bonchev–Trinajstić information content (AvgIpc) is 3.39. The fraction of sp³-hybridized carbons (Fsp3) is 0.300. The second-order valence-electron chi connectivity index (χ2n) is 7.36. The molecule has 1 saturated carbocycles. The van der Waals surface area contributed by atoms with Crippen LogP contribution in [0.25, 0.3) is 16.6 Å². The van der Waals surface area contributed by atoms with Gasteiger partial charge in [0.1, 0.15) is 11.2 Å². The maximum Gasteiger partial charge on any atom is 0.274 e. The molecule has 1 unspecified atom stereocenters. The number of fused-ring (bicyclic) bond motifs is 1. The molecule has 2 aromatic heterocycles. The Morgan fingerprint density at radius 2 is 2.10 bits per heavy atom. The molecule has 0 N–H and O–H groups in total. The second kappa shape index (κ2) is 6.74. The van der Waals surface area contributed by atoms with Gasteiger partial charge >= 0.3 is 0 Å². The Balaban J connectivity index is 1.81. The van der Waals surface area contributed by atoms with E-state index in [4.69, 9.17) is 0 Å². The summed E-state index contributed by atoms with van der Waals surface area (Å²) < 4.78 is 32.7. The van der Waals surface area contributed by atoms with Crippen molar-refractivity contribution >= 4 is 26.5 Å². The summed E-state index contributed by atoms with van der Waals surface area (Å²) in [5, 5.41) is 13.9. The van der Waals surface area contributed by atoms with Crippen LogP contribution in [0.2, 0.25) is 0 Å². The summed E-state index contributed by atoms with van der Waals surface area (Å²) in [7, 11) is -3.08. The van der Waals surface area contributed by atoms with Crippen LogP contribution in [-0.4, -0.2) is 30.1 Å². The van der Waals surface area contributed by atoms with E-state index in [9.17, 15) is 18.7 Å². The molecule has 0 radical (unpaired) electrons. The molecule has 1 fully saturated rings. The summed E-state index contributed by atoms with van der Waals surface area (Å²) in [5.41, 5.74) is -0.0425. The number of amides is 1. The van der Waals surface area contributed by atoms with E-state index in [0.717, 1.165) is 6.20 Å². The number of hydrogen-bond donors (Lipinski definition) is 0. The van der Waals surface area contributed by atoms with Gasteiger partial charge in [-0.3, -0.25) is 9.78 Å². The highest BCUT2D eigenvalue weighted by molar-refractivity contribution is 7.94. The first-order chi connectivity index (χ1) is 13.8. The van der Waals surface area contributed by atoms with Crippen LogP contribution < -0.4 is 0 Å². The summed E-state index contributed by atoms with van der Waals surface area (Å²) in [6.07, 6.45) is 5.17. The molecular weight excluding hydrogens is 393 g/mol. The van der Waals surface area contributed by atoms with Crippen molar-refractivity contribution in [2.45, 2.75) is 36.8 Å². The Kier molecular flexibility index (Phi) is 4.46. The van der Waals surface area contributed by atoms with Crippen molar-refractivity contribution in [3.63, 3.8) is 0 Å². The largest absolute Gasteiger partial charge is 0.274 e. The van der Waals surface area contributed by atoms with Crippen molar-refractivity contribution in [3.8, 4) is 11.8 Å². The highest BCUT2D eigenvalue weighted by Gasteiger charge is 2.51. The van der Waals surface area contributed by atoms with Gasteiger partial charge in [-0.25, -0.2) is 13.3 Å². The molecule has 148 valence electrons. The lowest BCUT2D eigenvalue weighted by Crippen LogP contribution is -2.20. The van der Waals surface area contributed by atoms with Crippen molar-refractivity contribution in [1.29, 1.82) is 5.26 Å². The smallest absolute Gasteiger partial charge is 0.270 e. The van der Waals surface area contributed by atoms with Gasteiger partial charge in [0.15, 0.2) is 0 Å². The number of carbonyl (C=O) groups is 1. The molecule has 7 nitrogen and oxygen atoms in total. The third kappa shape index (κ3) is 3.29. The van der Waals surface area contributed by atoms with Gasteiger partial charge in [0.05, 0.1) is 39.4 Å². The van der Waals surface area contributed by atoms with E-state index in [1.54, 1.807) is 38.2 Å². The van der Waals surface area contributed by atoms with Crippen LogP contribution in [0.5, 0.6) is 0 Å². The third-order valence-corrected chi connectivity index (χ3v) is 7.64. The predicted octanol–water partition coefficient (Wildman–Crippen LogP) is 3.63. The van der Waals surface area contributed by atoms with E-state index >= 15 is 0 Å². The minimum Gasteiger partial charge on any atom is -0.270 e. The summed E-state index contributed by atoms with van der Waals surface area (Å²) in [6.45, 7) is 3.47. The van der Waals surface area contributed by atoms with Gasteiger partial charge < -0.3 is 0 Å². The van der Waals surface area contributed by atoms with Crippen molar-refractivity contribution in [2.75, 3.05) is 0 Å². The summed E-state index contributed by atoms with van der Waals surface area (Å²) in [4.78, 5) is 16.7. The number of hydrogen-bond acceptors (Lipinski definition) is 5. The van der Waals surface area contributed by atoms with E-state index in [1.807, 2.05) is 6.07 Å². The Hall–Kier alpha value is -3.12. The summed E-state index contributed by atoms with van der Waals surface area (Å²) >= 11 is 0. The van der Waals surface area contributed by atoms with Gasteiger partial charge in [-0.15, -0.1) is 0 Å². The van der Waals surface area contributed by atoms with Gasteiger partial charge in [0.2, 0.25) is 0 Å². The molecule has 4 rings (SSSR count). The van der Waals surface area contributed by atoms with Gasteiger partial charge in [-0.1, -0.05) is 0 Å². The fourth-order valence-corrected chi connectivity index (χ4v) is 4.82. The number of carbonyl (C=O) groups excluding carboxylic acids is 1. The number of nitriles is 1. The first kappa shape index (κ1) is 19.2. The van der Waals surface area contributed by atoms with Crippen molar-refractivity contribution in [2.24, 2.45) is 9.78 Å². The number of pyridine rings is 1. The minimum atomic E-state index is -3.08. The molecule has 1 aromatic carbocycles. The first-order valence-corrected chi connectivity index (χ1v) is 10.7. The Morgan fingerprint density at radius 3 is 2.72 bits per heavy atom. The fourth-order valence-electron chi connectivity index (χ4n) is 2.98. The normalized spacial score (nSPS) is 16.9. The van der Waals surface area contributed by atoms with E-state index in [-0.39, 0.29) is 0 Å². The standard InChI is InChI=1S/C20H18FN5O2S/c1-13(2)29(28,25-19(27)20(12-22)5-6-20)17-3-4-18-14(7-17)11-26(24-18)16-8-15(21)9-23-10-16/h3-4,7-11,13H,5-6H2,1-2H3. The Labute approximate surface area is 167 Å². The number of halogens is 1. The first-order valence-electron chi connectivity index (χ1n) is 9.09. The molecule has 0 saturated heterocycles. The van der Waals surface area contributed by atoms with Crippen LogP contribution in [0.15, 0.2) is 52.1 Å². The zero-order valence-electron chi connectivity index (χ0n) is 15.9. The van der Waals surface area contributed by atoms with Gasteiger partial charge in [0, 0.05) is 27.8 Å². The van der Waals surface area contributed by atoms with Crippen molar-refractivity contribution in [3.05, 3.63) is 48.7 Å². The van der Waals surface area contributed by atoms with Gasteiger partial charge in [-0.05, 0) is 44.9 Å². The quantitative estimate of drug-likeness (QED) is 0.652. The van der Waals surface area contributed by atoms with Crippen LogP contribution in [0.3, 0.4) is 0 Å². The molecule has 3 aromatic rings. The van der Waals surface area contributed by atoms with Crippen LogP contribution in [-0.2, 0) is 14.5 Å². The lowest BCUT2D eigenvalue weighted by molar-refractivity contribution is -0.120. The molecule has 2 heterocycles. The molecule has 1 aliphatic carbocycles. The molecule has 29 heavy (non-hydrogen) atoms. The molecule has 1 amide bonds. The van der Waals surface area contributed by atoms with Gasteiger partial charge in [0.25, 0.3) is 5.91 Å². The van der Waals surface area contributed by atoms with Crippen LogP contribution in [0, 0.1) is 22.6 Å². The molecule has 0 aliphatic heterocycles. The summed E-state index contributed by atoms with van der Waals surface area (Å²) in [6, 6.07) is 8.31. The van der Waals surface area contributed by atoms with E-state index in [2.05, 4.69) is 14.4 Å². The molecule has 0 spiro atoms. The maximum atomic E-state index is 13.7.